The van der Waals surface area contributed by atoms with Gasteiger partial charge in [-0.3, -0.25) is 4.79 Å². The maximum atomic E-state index is 12.7. The summed E-state index contributed by atoms with van der Waals surface area (Å²) in [6.07, 6.45) is 5.12. The molecule has 2 saturated heterocycles. The number of benzene rings is 1. The quantitative estimate of drug-likeness (QED) is 0.778. The first-order chi connectivity index (χ1) is 12.1. The molecule has 0 radical (unpaired) electrons. The van der Waals surface area contributed by atoms with Gasteiger partial charge in [0, 0.05) is 26.2 Å². The van der Waals surface area contributed by atoms with E-state index < -0.39 is 10.0 Å². The zero-order chi connectivity index (χ0) is 17.7. The van der Waals surface area contributed by atoms with Gasteiger partial charge < -0.3 is 4.90 Å². The minimum atomic E-state index is -3.28. The number of amides is 1. The van der Waals surface area contributed by atoms with Crippen LogP contribution in [0.4, 0.5) is 0 Å². The van der Waals surface area contributed by atoms with Gasteiger partial charge in [-0.05, 0) is 44.1 Å². The molecular weight excluding hydrogens is 336 g/mol. The first kappa shape index (κ1) is 18.4. The molecule has 5 nitrogen and oxygen atoms in total. The standard InChI is InChI=1S/C19H28N2O3S/c22-19(20-12-4-5-13-20)18-11-6-14-21(16-18)25(23,24)15-7-10-17-8-2-1-3-9-17/h1-3,8-9,18H,4-7,10-16H2/t18-/m0/s1. The van der Waals surface area contributed by atoms with Gasteiger partial charge in [0.25, 0.3) is 0 Å². The van der Waals surface area contributed by atoms with Crippen LogP contribution in [-0.2, 0) is 21.2 Å². The zero-order valence-corrected chi connectivity index (χ0v) is 15.6. The average Bonchev–Trinajstić information content (AvgIpc) is 3.17. The fraction of sp³-hybridized carbons (Fsp3) is 0.632. The zero-order valence-electron chi connectivity index (χ0n) is 14.8. The van der Waals surface area contributed by atoms with Gasteiger partial charge in [-0.15, -0.1) is 0 Å². The Kier molecular flexibility index (Phi) is 6.12. The molecule has 25 heavy (non-hydrogen) atoms. The lowest BCUT2D eigenvalue weighted by atomic mass is 9.98. The summed E-state index contributed by atoms with van der Waals surface area (Å²) in [5.74, 6) is 0.157. The molecule has 0 unspecified atom stereocenters. The van der Waals surface area contributed by atoms with Crippen LogP contribution in [0.15, 0.2) is 30.3 Å². The van der Waals surface area contributed by atoms with Crippen molar-refractivity contribution >= 4 is 15.9 Å². The van der Waals surface area contributed by atoms with E-state index >= 15 is 0 Å². The summed E-state index contributed by atoms with van der Waals surface area (Å²) in [5.41, 5.74) is 1.17. The van der Waals surface area contributed by atoms with Crippen molar-refractivity contribution in [2.45, 2.75) is 38.5 Å². The second-order valence-corrected chi connectivity index (χ2v) is 9.22. The predicted molar refractivity (Wildman–Crippen MR) is 98.7 cm³/mol. The molecule has 6 heteroatoms. The molecule has 1 amide bonds. The van der Waals surface area contributed by atoms with E-state index in [9.17, 15) is 13.2 Å². The third kappa shape index (κ3) is 4.82. The van der Waals surface area contributed by atoms with E-state index in [0.717, 1.165) is 45.2 Å². The molecule has 1 atom stereocenters. The number of rotatable bonds is 6. The summed E-state index contributed by atoms with van der Waals surface area (Å²) in [7, 11) is -3.28. The van der Waals surface area contributed by atoms with Gasteiger partial charge in [0.15, 0.2) is 0 Å². The molecule has 2 heterocycles. The van der Waals surface area contributed by atoms with Gasteiger partial charge in [-0.25, -0.2) is 12.7 Å². The summed E-state index contributed by atoms with van der Waals surface area (Å²) in [6.45, 7) is 2.58. The fourth-order valence-electron chi connectivity index (χ4n) is 3.82. The lowest BCUT2D eigenvalue weighted by Gasteiger charge is -2.33. The third-order valence-corrected chi connectivity index (χ3v) is 7.18. The van der Waals surface area contributed by atoms with Gasteiger partial charge in [-0.2, -0.15) is 0 Å². The highest BCUT2D eigenvalue weighted by molar-refractivity contribution is 7.89. The smallest absolute Gasteiger partial charge is 0.227 e. The highest BCUT2D eigenvalue weighted by Crippen LogP contribution is 2.23. The predicted octanol–water partition coefficient (Wildman–Crippen LogP) is 2.28. The van der Waals surface area contributed by atoms with E-state index in [0.29, 0.717) is 19.5 Å². The lowest BCUT2D eigenvalue weighted by Crippen LogP contribution is -2.46. The second kappa shape index (κ2) is 8.32. The van der Waals surface area contributed by atoms with Crippen molar-refractivity contribution in [1.82, 2.24) is 9.21 Å². The van der Waals surface area contributed by atoms with Crippen LogP contribution in [0.25, 0.3) is 0 Å². The Morgan fingerprint density at radius 3 is 2.48 bits per heavy atom. The van der Waals surface area contributed by atoms with E-state index in [1.807, 2.05) is 35.2 Å². The molecule has 138 valence electrons. The van der Waals surface area contributed by atoms with Crippen molar-refractivity contribution < 1.29 is 13.2 Å². The van der Waals surface area contributed by atoms with Gasteiger partial charge in [0.1, 0.15) is 0 Å². The van der Waals surface area contributed by atoms with Crippen LogP contribution in [0, 0.1) is 5.92 Å². The maximum Gasteiger partial charge on any atom is 0.227 e. The van der Waals surface area contributed by atoms with Gasteiger partial charge in [0.2, 0.25) is 15.9 Å². The normalized spacial score (nSPS) is 22.2. The van der Waals surface area contributed by atoms with Crippen molar-refractivity contribution in [2.75, 3.05) is 31.9 Å². The summed E-state index contributed by atoms with van der Waals surface area (Å²) in [5, 5.41) is 0. The maximum absolute atomic E-state index is 12.7. The van der Waals surface area contributed by atoms with E-state index in [1.165, 1.54) is 5.56 Å². The van der Waals surface area contributed by atoms with Crippen molar-refractivity contribution in [2.24, 2.45) is 5.92 Å². The van der Waals surface area contributed by atoms with Crippen LogP contribution in [-0.4, -0.2) is 55.5 Å². The van der Waals surface area contributed by atoms with Crippen LogP contribution >= 0.6 is 0 Å². The highest BCUT2D eigenvalue weighted by Gasteiger charge is 2.34. The van der Waals surface area contributed by atoms with Crippen molar-refractivity contribution in [3.63, 3.8) is 0 Å². The molecule has 0 aromatic heterocycles. The topological polar surface area (TPSA) is 57.7 Å². The third-order valence-electron chi connectivity index (χ3n) is 5.26. The van der Waals surface area contributed by atoms with Crippen molar-refractivity contribution in [3.8, 4) is 0 Å². The minimum Gasteiger partial charge on any atom is -0.342 e. The Morgan fingerprint density at radius 2 is 1.76 bits per heavy atom. The SMILES string of the molecule is O=C([C@H]1CCCN(S(=O)(=O)CCCc2ccccc2)C1)N1CCCC1. The monoisotopic (exact) mass is 364 g/mol. The van der Waals surface area contributed by atoms with Crippen molar-refractivity contribution in [3.05, 3.63) is 35.9 Å². The molecular formula is C19H28N2O3S. The van der Waals surface area contributed by atoms with E-state index in [1.54, 1.807) is 4.31 Å². The van der Waals surface area contributed by atoms with Crippen molar-refractivity contribution in [1.29, 1.82) is 0 Å². The first-order valence-corrected chi connectivity index (χ1v) is 11.0. The second-order valence-electron chi connectivity index (χ2n) is 7.13. The molecule has 2 fully saturated rings. The first-order valence-electron chi connectivity index (χ1n) is 9.37. The Bertz CT molecular complexity index is 669. The van der Waals surface area contributed by atoms with Crippen LogP contribution < -0.4 is 0 Å². The molecule has 2 aliphatic rings. The molecule has 3 rings (SSSR count). The Hall–Kier alpha value is -1.40. The number of hydrogen-bond donors (Lipinski definition) is 0. The van der Waals surface area contributed by atoms with Crippen LogP contribution in [0.1, 0.15) is 37.7 Å². The summed E-state index contributed by atoms with van der Waals surface area (Å²) >= 11 is 0. The van der Waals surface area contributed by atoms with Gasteiger partial charge in [0.05, 0.1) is 11.7 Å². The lowest BCUT2D eigenvalue weighted by molar-refractivity contribution is -0.135. The molecule has 1 aromatic carbocycles. The number of carbonyl (C=O) groups excluding carboxylic acids is 1. The molecule has 1 aromatic rings. The van der Waals surface area contributed by atoms with Gasteiger partial charge >= 0.3 is 0 Å². The summed E-state index contributed by atoms with van der Waals surface area (Å²) in [4.78, 5) is 14.5. The highest BCUT2D eigenvalue weighted by atomic mass is 32.2. The molecule has 0 bridgehead atoms. The number of likely N-dealkylation sites (tertiary alicyclic amines) is 1. The number of hydrogen-bond acceptors (Lipinski definition) is 3. The molecule has 0 N–H and O–H groups in total. The minimum absolute atomic E-state index is 0.154. The number of carbonyl (C=O) groups is 1. The fourth-order valence-corrected chi connectivity index (χ4v) is 5.41. The van der Waals surface area contributed by atoms with E-state index in [-0.39, 0.29) is 17.6 Å². The number of sulfonamides is 1. The van der Waals surface area contributed by atoms with Crippen LogP contribution in [0.3, 0.4) is 0 Å². The Labute approximate surface area is 151 Å². The molecule has 0 spiro atoms. The number of piperidine rings is 1. The number of aryl methyl sites for hydroxylation is 1. The molecule has 0 saturated carbocycles. The van der Waals surface area contributed by atoms with Crippen LogP contribution in [0.5, 0.6) is 0 Å². The van der Waals surface area contributed by atoms with Gasteiger partial charge in [-0.1, -0.05) is 30.3 Å². The average molecular weight is 365 g/mol. The molecule has 0 aliphatic carbocycles. The summed E-state index contributed by atoms with van der Waals surface area (Å²) in [6, 6.07) is 9.97. The summed E-state index contributed by atoms with van der Waals surface area (Å²) < 4.78 is 26.9. The molecule has 2 aliphatic heterocycles. The number of nitrogens with zero attached hydrogens (tertiary/aromatic N) is 2. The largest absolute Gasteiger partial charge is 0.342 e. The van der Waals surface area contributed by atoms with Crippen LogP contribution in [0.2, 0.25) is 0 Å². The van der Waals surface area contributed by atoms with E-state index in [4.69, 9.17) is 0 Å². The van der Waals surface area contributed by atoms with E-state index in [2.05, 4.69) is 0 Å². The Balaban J connectivity index is 1.53. The Morgan fingerprint density at radius 1 is 1.04 bits per heavy atom.